The lowest BCUT2D eigenvalue weighted by atomic mass is 10.1. The molecule has 0 atom stereocenters. The van der Waals surface area contributed by atoms with Crippen LogP contribution in [0.1, 0.15) is 12.5 Å². The molecule has 2 nitrogen and oxygen atoms in total. The van der Waals surface area contributed by atoms with Crippen LogP contribution < -0.4 is 0 Å². The summed E-state index contributed by atoms with van der Waals surface area (Å²) in [4.78, 5) is 11.1. The summed E-state index contributed by atoms with van der Waals surface area (Å²) in [6, 6.07) is 3.10. The van der Waals surface area contributed by atoms with Gasteiger partial charge in [0.25, 0.3) is 0 Å². The number of esters is 1. The third-order valence-electron chi connectivity index (χ3n) is 1.76. The van der Waals surface area contributed by atoms with Gasteiger partial charge in [0, 0.05) is 0 Å². The zero-order valence-corrected chi connectivity index (χ0v) is 10.4. The predicted molar refractivity (Wildman–Crippen MR) is 59.4 cm³/mol. The van der Waals surface area contributed by atoms with Gasteiger partial charge in [-0.1, -0.05) is 17.7 Å². The highest BCUT2D eigenvalue weighted by atomic mass is 79.9. The Morgan fingerprint density at radius 1 is 1.60 bits per heavy atom. The SMILES string of the molecule is CCOC(=O)Cc1ccc(Br)c(F)c1Cl. The van der Waals surface area contributed by atoms with Gasteiger partial charge in [-0.25, -0.2) is 4.39 Å². The first-order valence-electron chi connectivity index (χ1n) is 4.34. The van der Waals surface area contributed by atoms with E-state index >= 15 is 0 Å². The summed E-state index contributed by atoms with van der Waals surface area (Å²) in [6.45, 7) is 2.01. The summed E-state index contributed by atoms with van der Waals surface area (Å²) in [5, 5.41) is -0.0440. The number of halogens is 3. The van der Waals surface area contributed by atoms with Crippen molar-refractivity contribution >= 4 is 33.5 Å². The Balaban J connectivity index is 2.87. The normalized spacial score (nSPS) is 10.1. The Kier molecular flexibility index (Phi) is 4.54. The van der Waals surface area contributed by atoms with Gasteiger partial charge in [0.15, 0.2) is 5.82 Å². The number of ether oxygens (including phenoxy) is 1. The van der Waals surface area contributed by atoms with E-state index in [2.05, 4.69) is 15.9 Å². The first kappa shape index (κ1) is 12.5. The molecule has 0 fully saturated rings. The van der Waals surface area contributed by atoms with Crippen LogP contribution >= 0.6 is 27.5 Å². The second kappa shape index (κ2) is 5.47. The van der Waals surface area contributed by atoms with Crippen molar-refractivity contribution in [3.05, 3.63) is 33.0 Å². The summed E-state index contributed by atoms with van der Waals surface area (Å²) >= 11 is 8.73. The molecule has 0 N–H and O–H groups in total. The predicted octanol–water partition coefficient (Wildman–Crippen LogP) is 3.35. The quantitative estimate of drug-likeness (QED) is 0.631. The number of benzene rings is 1. The smallest absolute Gasteiger partial charge is 0.310 e. The molecule has 0 heterocycles. The van der Waals surface area contributed by atoms with E-state index in [1.54, 1.807) is 13.0 Å². The lowest BCUT2D eigenvalue weighted by Crippen LogP contribution is -2.08. The number of carbonyl (C=O) groups is 1. The van der Waals surface area contributed by atoms with Crippen molar-refractivity contribution in [3.63, 3.8) is 0 Å². The molecule has 5 heteroatoms. The molecule has 0 saturated carbocycles. The molecule has 0 amide bonds. The molecule has 0 radical (unpaired) electrons. The molecule has 0 aliphatic rings. The molecule has 1 rings (SSSR count). The molecule has 0 unspecified atom stereocenters. The summed E-state index contributed by atoms with van der Waals surface area (Å²) in [6.07, 6.45) is -0.0170. The third-order valence-corrected chi connectivity index (χ3v) is 2.78. The molecule has 0 aliphatic heterocycles. The second-order valence-corrected chi connectivity index (χ2v) is 4.05. The second-order valence-electron chi connectivity index (χ2n) is 2.82. The Morgan fingerprint density at radius 2 is 2.27 bits per heavy atom. The van der Waals surface area contributed by atoms with Crippen LogP contribution in [0.2, 0.25) is 5.02 Å². The van der Waals surface area contributed by atoms with Gasteiger partial charge in [-0.3, -0.25) is 4.79 Å². The molecule has 0 aromatic heterocycles. The molecule has 0 aliphatic carbocycles. The van der Waals surface area contributed by atoms with E-state index in [1.165, 1.54) is 6.07 Å². The minimum atomic E-state index is -0.557. The van der Waals surface area contributed by atoms with E-state index in [1.807, 2.05) is 0 Å². The van der Waals surface area contributed by atoms with E-state index in [4.69, 9.17) is 16.3 Å². The standard InChI is InChI=1S/C10H9BrClFO2/c1-2-15-8(14)5-6-3-4-7(11)10(13)9(6)12/h3-4H,2,5H2,1H3. The molecular formula is C10H9BrClFO2. The van der Waals surface area contributed by atoms with Crippen molar-refractivity contribution in [2.75, 3.05) is 6.61 Å². The average Bonchev–Trinajstić information content (AvgIpc) is 2.20. The van der Waals surface area contributed by atoms with E-state index in [0.717, 1.165) is 0 Å². The first-order valence-corrected chi connectivity index (χ1v) is 5.51. The van der Waals surface area contributed by atoms with Gasteiger partial charge in [0.1, 0.15) is 0 Å². The Labute approximate surface area is 101 Å². The Bertz CT molecular complexity index is 382. The fourth-order valence-electron chi connectivity index (χ4n) is 1.07. The van der Waals surface area contributed by atoms with Crippen LogP contribution in [0, 0.1) is 5.82 Å². The highest BCUT2D eigenvalue weighted by Crippen LogP contribution is 2.27. The van der Waals surface area contributed by atoms with Gasteiger partial charge in [0.05, 0.1) is 22.5 Å². The van der Waals surface area contributed by atoms with Gasteiger partial charge in [-0.2, -0.15) is 0 Å². The van der Waals surface area contributed by atoms with Crippen LogP contribution in [0.3, 0.4) is 0 Å². The fraction of sp³-hybridized carbons (Fsp3) is 0.300. The highest BCUT2D eigenvalue weighted by Gasteiger charge is 2.13. The summed E-state index contributed by atoms with van der Waals surface area (Å²) < 4.78 is 18.3. The molecule has 1 aromatic rings. The molecule has 0 spiro atoms. The number of carbonyl (C=O) groups excluding carboxylic acids is 1. The minimum absolute atomic E-state index is 0.0170. The Hall–Kier alpha value is -0.610. The van der Waals surface area contributed by atoms with Crippen molar-refractivity contribution in [2.45, 2.75) is 13.3 Å². The van der Waals surface area contributed by atoms with Gasteiger partial charge in [0.2, 0.25) is 0 Å². The summed E-state index contributed by atoms with van der Waals surface area (Å²) in [5.74, 6) is -0.973. The molecular weight excluding hydrogens is 286 g/mol. The van der Waals surface area contributed by atoms with Crippen LogP contribution in [0.4, 0.5) is 4.39 Å². The zero-order valence-electron chi connectivity index (χ0n) is 8.02. The van der Waals surface area contributed by atoms with Gasteiger partial charge >= 0.3 is 5.97 Å². The highest BCUT2D eigenvalue weighted by molar-refractivity contribution is 9.10. The van der Waals surface area contributed by atoms with Crippen molar-refractivity contribution in [1.82, 2.24) is 0 Å². The fourth-order valence-corrected chi connectivity index (χ4v) is 1.75. The van der Waals surface area contributed by atoms with Crippen LogP contribution in [0.5, 0.6) is 0 Å². The zero-order chi connectivity index (χ0) is 11.4. The van der Waals surface area contributed by atoms with Crippen molar-refractivity contribution in [3.8, 4) is 0 Å². The minimum Gasteiger partial charge on any atom is -0.466 e. The lowest BCUT2D eigenvalue weighted by Gasteiger charge is -2.05. The first-order chi connectivity index (χ1) is 7.06. The van der Waals surface area contributed by atoms with Crippen LogP contribution in [0.25, 0.3) is 0 Å². The summed E-state index contributed by atoms with van der Waals surface area (Å²) in [7, 11) is 0. The Morgan fingerprint density at radius 3 is 2.87 bits per heavy atom. The topological polar surface area (TPSA) is 26.3 Å². The number of rotatable bonds is 3. The van der Waals surface area contributed by atoms with E-state index in [9.17, 15) is 9.18 Å². The summed E-state index contributed by atoms with van der Waals surface area (Å²) in [5.41, 5.74) is 0.427. The number of hydrogen-bond acceptors (Lipinski definition) is 2. The molecule has 0 saturated heterocycles. The monoisotopic (exact) mass is 294 g/mol. The molecule has 1 aromatic carbocycles. The average molecular weight is 296 g/mol. The van der Waals surface area contributed by atoms with Crippen LogP contribution in [0.15, 0.2) is 16.6 Å². The molecule has 15 heavy (non-hydrogen) atoms. The maximum atomic E-state index is 13.3. The van der Waals surface area contributed by atoms with E-state index in [-0.39, 0.29) is 15.9 Å². The molecule has 0 bridgehead atoms. The largest absolute Gasteiger partial charge is 0.466 e. The van der Waals surface area contributed by atoms with Crippen molar-refractivity contribution < 1.29 is 13.9 Å². The molecule has 82 valence electrons. The van der Waals surface area contributed by atoms with Gasteiger partial charge in [-0.05, 0) is 34.5 Å². The maximum Gasteiger partial charge on any atom is 0.310 e. The van der Waals surface area contributed by atoms with Crippen LogP contribution in [-0.4, -0.2) is 12.6 Å². The van der Waals surface area contributed by atoms with Crippen molar-refractivity contribution in [2.24, 2.45) is 0 Å². The van der Waals surface area contributed by atoms with Gasteiger partial charge in [-0.15, -0.1) is 0 Å². The van der Waals surface area contributed by atoms with E-state index in [0.29, 0.717) is 12.2 Å². The number of hydrogen-bond donors (Lipinski definition) is 0. The maximum absolute atomic E-state index is 13.3. The lowest BCUT2D eigenvalue weighted by molar-refractivity contribution is -0.142. The third kappa shape index (κ3) is 3.18. The van der Waals surface area contributed by atoms with Gasteiger partial charge < -0.3 is 4.74 Å². The van der Waals surface area contributed by atoms with E-state index < -0.39 is 11.8 Å². The van der Waals surface area contributed by atoms with Crippen molar-refractivity contribution in [1.29, 1.82) is 0 Å². The van der Waals surface area contributed by atoms with Crippen LogP contribution in [-0.2, 0) is 16.0 Å².